The van der Waals surface area contributed by atoms with E-state index in [-0.39, 0.29) is 5.78 Å². The highest BCUT2D eigenvalue weighted by Crippen LogP contribution is 2.22. The molecule has 1 aromatic heterocycles. The molecule has 1 heterocycles. The highest BCUT2D eigenvalue weighted by molar-refractivity contribution is 5.76. The van der Waals surface area contributed by atoms with Crippen LogP contribution in [-0.4, -0.2) is 22.5 Å². The van der Waals surface area contributed by atoms with Crippen LogP contribution in [0.3, 0.4) is 0 Å². The number of carbonyl (C=O) groups is 1. The Morgan fingerprint density at radius 1 is 1.15 bits per heavy atom. The lowest BCUT2D eigenvalue weighted by molar-refractivity contribution is -0.116. The third kappa shape index (κ3) is 3.63. The van der Waals surface area contributed by atoms with Gasteiger partial charge in [-0.25, -0.2) is 0 Å². The smallest absolute Gasteiger partial charge is 0.148 e. The summed E-state index contributed by atoms with van der Waals surface area (Å²) < 4.78 is 0. The molecule has 1 aromatic carbocycles. The molecule has 2 aromatic rings. The summed E-state index contributed by atoms with van der Waals surface area (Å²) in [5.74, 6) is 0.859. The van der Waals surface area contributed by atoms with E-state index in [1.807, 2.05) is 12.1 Å². The van der Waals surface area contributed by atoms with Crippen LogP contribution in [0.1, 0.15) is 24.5 Å². The lowest BCUT2D eigenvalue weighted by atomic mass is 10.0. The van der Waals surface area contributed by atoms with Crippen molar-refractivity contribution < 1.29 is 4.79 Å². The largest absolute Gasteiger partial charge is 0.368 e. The van der Waals surface area contributed by atoms with Crippen LogP contribution in [-0.2, 0) is 4.79 Å². The van der Waals surface area contributed by atoms with Gasteiger partial charge >= 0.3 is 0 Å². The summed E-state index contributed by atoms with van der Waals surface area (Å²) in [6, 6.07) is 10.1. The molecule has 1 N–H and O–H groups in total. The predicted molar refractivity (Wildman–Crippen MR) is 80.7 cm³/mol. The van der Waals surface area contributed by atoms with Gasteiger partial charge in [0.25, 0.3) is 0 Å². The van der Waals surface area contributed by atoms with E-state index in [1.165, 1.54) is 11.1 Å². The van der Waals surface area contributed by atoms with E-state index in [0.717, 1.165) is 11.3 Å². The number of hydrogen-bond donors (Lipinski definition) is 1. The Balaban J connectivity index is 2.11. The minimum Gasteiger partial charge on any atom is -0.368 e. The fourth-order valence-corrected chi connectivity index (χ4v) is 1.95. The molecule has 0 aliphatic rings. The summed E-state index contributed by atoms with van der Waals surface area (Å²) >= 11 is 0. The first-order chi connectivity index (χ1) is 9.56. The number of nitrogens with one attached hydrogen (secondary N) is 1. The molecule has 0 spiro atoms. The van der Waals surface area contributed by atoms with Crippen molar-refractivity contribution in [1.82, 2.24) is 10.2 Å². The molecule has 0 saturated carbocycles. The van der Waals surface area contributed by atoms with Gasteiger partial charge in [-0.3, -0.25) is 4.79 Å². The van der Waals surface area contributed by atoms with Crippen molar-refractivity contribution in [2.24, 2.45) is 0 Å². The Kier molecular flexibility index (Phi) is 4.45. The SMILES string of the molecule is CC(=O)CCNc1ccc(-c2cc(C)ccc2C)nn1. The van der Waals surface area contributed by atoms with Crippen molar-refractivity contribution in [3.8, 4) is 11.3 Å². The van der Waals surface area contributed by atoms with Crippen molar-refractivity contribution in [2.75, 3.05) is 11.9 Å². The van der Waals surface area contributed by atoms with Gasteiger partial charge in [0, 0.05) is 18.5 Å². The Labute approximate surface area is 119 Å². The van der Waals surface area contributed by atoms with Gasteiger partial charge in [0.05, 0.1) is 5.69 Å². The number of carbonyl (C=O) groups excluding carboxylic acids is 1. The van der Waals surface area contributed by atoms with Crippen molar-refractivity contribution in [1.29, 1.82) is 0 Å². The second kappa shape index (κ2) is 6.28. The van der Waals surface area contributed by atoms with Crippen LogP contribution in [0.4, 0.5) is 5.82 Å². The van der Waals surface area contributed by atoms with Crippen molar-refractivity contribution in [3.63, 3.8) is 0 Å². The lowest BCUT2D eigenvalue weighted by Gasteiger charge is -2.07. The maximum absolute atomic E-state index is 10.9. The van der Waals surface area contributed by atoms with E-state index >= 15 is 0 Å². The number of nitrogens with zero attached hydrogens (tertiary/aromatic N) is 2. The van der Waals surface area contributed by atoms with Crippen molar-refractivity contribution in [2.45, 2.75) is 27.2 Å². The highest BCUT2D eigenvalue weighted by atomic mass is 16.1. The molecular weight excluding hydrogens is 250 g/mol. The van der Waals surface area contributed by atoms with Gasteiger partial charge in [0.2, 0.25) is 0 Å². The van der Waals surface area contributed by atoms with Gasteiger partial charge < -0.3 is 5.32 Å². The van der Waals surface area contributed by atoms with E-state index in [0.29, 0.717) is 18.8 Å². The molecule has 0 saturated heterocycles. The topological polar surface area (TPSA) is 54.9 Å². The Morgan fingerprint density at radius 2 is 1.95 bits per heavy atom. The van der Waals surface area contributed by atoms with Crippen molar-refractivity contribution >= 4 is 11.6 Å². The molecule has 0 amide bonds. The summed E-state index contributed by atoms with van der Waals surface area (Å²) in [5.41, 5.74) is 4.36. The zero-order valence-corrected chi connectivity index (χ0v) is 12.1. The number of aromatic nitrogens is 2. The maximum atomic E-state index is 10.9. The first-order valence-corrected chi connectivity index (χ1v) is 6.71. The quantitative estimate of drug-likeness (QED) is 0.906. The zero-order chi connectivity index (χ0) is 14.5. The predicted octanol–water partition coefficient (Wildman–Crippen LogP) is 3.15. The highest BCUT2D eigenvalue weighted by Gasteiger charge is 2.05. The van der Waals surface area contributed by atoms with Crippen LogP contribution >= 0.6 is 0 Å². The van der Waals surface area contributed by atoms with E-state index in [4.69, 9.17) is 0 Å². The van der Waals surface area contributed by atoms with Crippen LogP contribution in [0.15, 0.2) is 30.3 Å². The molecule has 20 heavy (non-hydrogen) atoms. The Hall–Kier alpha value is -2.23. The minimum atomic E-state index is 0.164. The second-order valence-corrected chi connectivity index (χ2v) is 5.00. The summed E-state index contributed by atoms with van der Waals surface area (Å²) in [4.78, 5) is 10.9. The molecule has 4 nitrogen and oxygen atoms in total. The lowest BCUT2D eigenvalue weighted by Crippen LogP contribution is -2.07. The number of anilines is 1. The number of hydrogen-bond acceptors (Lipinski definition) is 4. The summed E-state index contributed by atoms with van der Waals surface area (Å²) in [7, 11) is 0. The van der Waals surface area contributed by atoms with E-state index < -0.39 is 0 Å². The fraction of sp³-hybridized carbons (Fsp3) is 0.312. The van der Waals surface area contributed by atoms with Crippen LogP contribution in [0, 0.1) is 13.8 Å². The van der Waals surface area contributed by atoms with Crippen LogP contribution in [0.2, 0.25) is 0 Å². The molecule has 0 aliphatic carbocycles. The molecule has 0 atom stereocenters. The molecule has 0 radical (unpaired) electrons. The average Bonchev–Trinajstić information content (AvgIpc) is 2.42. The third-order valence-electron chi connectivity index (χ3n) is 3.12. The Bertz CT molecular complexity index is 606. The molecule has 2 rings (SSSR count). The molecule has 0 bridgehead atoms. The van der Waals surface area contributed by atoms with Gasteiger partial charge in [-0.2, -0.15) is 0 Å². The van der Waals surface area contributed by atoms with E-state index in [2.05, 4.69) is 47.6 Å². The van der Waals surface area contributed by atoms with Gasteiger partial charge in [0.1, 0.15) is 11.6 Å². The second-order valence-electron chi connectivity index (χ2n) is 5.00. The maximum Gasteiger partial charge on any atom is 0.148 e. The molecule has 0 fully saturated rings. The summed E-state index contributed by atoms with van der Waals surface area (Å²) in [6.07, 6.45) is 0.500. The third-order valence-corrected chi connectivity index (χ3v) is 3.12. The molecule has 0 unspecified atom stereocenters. The normalized spacial score (nSPS) is 10.3. The number of rotatable bonds is 5. The molecule has 104 valence electrons. The standard InChI is InChI=1S/C16H19N3O/c1-11-4-5-12(2)14(10-11)15-6-7-16(19-18-15)17-9-8-13(3)20/h4-7,10H,8-9H2,1-3H3,(H,17,19). The monoisotopic (exact) mass is 269 g/mol. The van der Waals surface area contributed by atoms with Crippen LogP contribution in [0.25, 0.3) is 11.3 Å². The molecule has 0 aliphatic heterocycles. The van der Waals surface area contributed by atoms with Gasteiger partial charge in [0.15, 0.2) is 0 Å². The first kappa shape index (κ1) is 14.2. The van der Waals surface area contributed by atoms with Crippen LogP contribution in [0.5, 0.6) is 0 Å². The molecular formula is C16H19N3O. The zero-order valence-electron chi connectivity index (χ0n) is 12.1. The Morgan fingerprint density at radius 3 is 2.60 bits per heavy atom. The van der Waals surface area contributed by atoms with Crippen LogP contribution < -0.4 is 5.32 Å². The number of aryl methyl sites for hydroxylation is 2. The fourth-order valence-electron chi connectivity index (χ4n) is 1.95. The minimum absolute atomic E-state index is 0.164. The van der Waals surface area contributed by atoms with Gasteiger partial charge in [-0.15, -0.1) is 10.2 Å². The van der Waals surface area contributed by atoms with Gasteiger partial charge in [-0.1, -0.05) is 17.7 Å². The average molecular weight is 269 g/mol. The van der Waals surface area contributed by atoms with Crippen molar-refractivity contribution in [3.05, 3.63) is 41.5 Å². The summed E-state index contributed by atoms with van der Waals surface area (Å²) in [6.45, 7) is 6.30. The van der Waals surface area contributed by atoms with E-state index in [9.17, 15) is 4.79 Å². The first-order valence-electron chi connectivity index (χ1n) is 6.71. The van der Waals surface area contributed by atoms with Gasteiger partial charge in [-0.05, 0) is 44.5 Å². The number of ketones is 1. The summed E-state index contributed by atoms with van der Waals surface area (Å²) in [5, 5.41) is 11.5. The molecule has 4 heteroatoms. The number of Topliss-reactive ketones (excluding diaryl/α,β-unsaturated/α-hetero) is 1. The number of benzene rings is 1. The van der Waals surface area contributed by atoms with E-state index in [1.54, 1.807) is 6.92 Å².